The SMILES string of the molecule is COc1ccc2[nH]c(C(N)=O)cc2c1OC. The largest absolute Gasteiger partial charge is 0.493 e. The summed E-state index contributed by atoms with van der Waals surface area (Å²) in [6.07, 6.45) is 0. The van der Waals surface area contributed by atoms with E-state index in [-0.39, 0.29) is 0 Å². The van der Waals surface area contributed by atoms with E-state index in [4.69, 9.17) is 15.2 Å². The lowest BCUT2D eigenvalue weighted by atomic mass is 10.2. The number of amides is 1. The molecule has 16 heavy (non-hydrogen) atoms. The Balaban J connectivity index is 2.71. The first-order valence-corrected chi connectivity index (χ1v) is 4.71. The Morgan fingerprint density at radius 3 is 2.62 bits per heavy atom. The lowest BCUT2D eigenvalue weighted by Gasteiger charge is -2.07. The molecule has 1 heterocycles. The van der Waals surface area contributed by atoms with Gasteiger partial charge in [0.25, 0.3) is 5.91 Å². The van der Waals surface area contributed by atoms with Crippen LogP contribution in [0.4, 0.5) is 0 Å². The molecule has 0 fully saturated rings. The van der Waals surface area contributed by atoms with Gasteiger partial charge in [0.05, 0.1) is 19.7 Å². The molecule has 0 atom stereocenters. The van der Waals surface area contributed by atoms with Crippen molar-refractivity contribution < 1.29 is 14.3 Å². The number of rotatable bonds is 3. The fourth-order valence-corrected chi connectivity index (χ4v) is 1.66. The molecule has 3 N–H and O–H groups in total. The van der Waals surface area contributed by atoms with E-state index in [1.807, 2.05) is 6.07 Å². The summed E-state index contributed by atoms with van der Waals surface area (Å²) in [6, 6.07) is 5.23. The van der Waals surface area contributed by atoms with Gasteiger partial charge in [-0.3, -0.25) is 4.79 Å². The number of benzene rings is 1. The summed E-state index contributed by atoms with van der Waals surface area (Å²) in [6.45, 7) is 0. The molecule has 2 aromatic rings. The fraction of sp³-hybridized carbons (Fsp3) is 0.182. The van der Waals surface area contributed by atoms with Crippen LogP contribution in [0.2, 0.25) is 0 Å². The Bertz CT molecular complexity index is 545. The van der Waals surface area contributed by atoms with Crippen LogP contribution in [0.1, 0.15) is 10.5 Å². The zero-order valence-electron chi connectivity index (χ0n) is 9.03. The number of H-pyrrole nitrogens is 1. The standard InChI is InChI=1S/C11H12N2O3/c1-15-9-4-3-7-6(10(9)16-2)5-8(13-7)11(12)14/h3-5,13H,1-2H3,(H2,12,14). The van der Waals surface area contributed by atoms with E-state index >= 15 is 0 Å². The summed E-state index contributed by atoms with van der Waals surface area (Å²) in [7, 11) is 3.11. The Labute approximate surface area is 92.1 Å². The number of fused-ring (bicyclic) bond motifs is 1. The minimum absolute atomic E-state index is 0.349. The monoisotopic (exact) mass is 220 g/mol. The highest BCUT2D eigenvalue weighted by atomic mass is 16.5. The Hall–Kier alpha value is -2.17. The Morgan fingerprint density at radius 2 is 2.06 bits per heavy atom. The fourth-order valence-electron chi connectivity index (χ4n) is 1.66. The van der Waals surface area contributed by atoms with Gasteiger partial charge in [-0.05, 0) is 18.2 Å². The molecule has 5 heteroatoms. The van der Waals surface area contributed by atoms with Crippen molar-refractivity contribution in [2.45, 2.75) is 0 Å². The first kappa shape index (κ1) is 10.4. The van der Waals surface area contributed by atoms with E-state index in [1.165, 1.54) is 0 Å². The maximum Gasteiger partial charge on any atom is 0.265 e. The molecule has 0 saturated carbocycles. The summed E-state index contributed by atoms with van der Waals surface area (Å²) in [5, 5.41) is 0.774. The second-order valence-electron chi connectivity index (χ2n) is 3.31. The van der Waals surface area contributed by atoms with Gasteiger partial charge < -0.3 is 20.2 Å². The van der Waals surface area contributed by atoms with E-state index in [9.17, 15) is 4.79 Å². The number of hydrogen-bond acceptors (Lipinski definition) is 3. The molecular weight excluding hydrogens is 208 g/mol. The molecule has 0 saturated heterocycles. The van der Waals surface area contributed by atoms with Crippen molar-refractivity contribution in [1.29, 1.82) is 0 Å². The first-order chi connectivity index (χ1) is 7.67. The molecule has 0 spiro atoms. The second-order valence-corrected chi connectivity index (χ2v) is 3.31. The molecule has 1 amide bonds. The van der Waals surface area contributed by atoms with Crippen LogP contribution in [0, 0.1) is 0 Å². The van der Waals surface area contributed by atoms with E-state index in [2.05, 4.69) is 4.98 Å². The number of aromatic nitrogens is 1. The number of ether oxygens (including phenoxy) is 2. The van der Waals surface area contributed by atoms with Gasteiger partial charge in [0.2, 0.25) is 0 Å². The number of carbonyl (C=O) groups is 1. The third kappa shape index (κ3) is 1.46. The van der Waals surface area contributed by atoms with Crippen LogP contribution in [-0.4, -0.2) is 25.1 Å². The van der Waals surface area contributed by atoms with Gasteiger partial charge in [0.15, 0.2) is 11.5 Å². The smallest absolute Gasteiger partial charge is 0.265 e. The zero-order chi connectivity index (χ0) is 11.7. The van der Waals surface area contributed by atoms with Crippen molar-refractivity contribution in [2.75, 3.05) is 14.2 Å². The van der Waals surface area contributed by atoms with E-state index < -0.39 is 5.91 Å². The molecule has 1 aromatic carbocycles. The van der Waals surface area contributed by atoms with E-state index in [0.717, 1.165) is 10.9 Å². The molecule has 2 rings (SSSR count). The molecule has 1 aromatic heterocycles. The topological polar surface area (TPSA) is 77.3 Å². The highest BCUT2D eigenvalue weighted by Crippen LogP contribution is 2.35. The summed E-state index contributed by atoms with van der Waals surface area (Å²) < 4.78 is 10.4. The third-order valence-electron chi connectivity index (χ3n) is 2.41. The number of methoxy groups -OCH3 is 2. The van der Waals surface area contributed by atoms with Crippen molar-refractivity contribution >= 4 is 16.8 Å². The van der Waals surface area contributed by atoms with Crippen molar-refractivity contribution in [2.24, 2.45) is 5.73 Å². The molecule has 0 aliphatic rings. The normalized spacial score (nSPS) is 10.4. The quantitative estimate of drug-likeness (QED) is 0.818. The summed E-state index contributed by atoms with van der Waals surface area (Å²) >= 11 is 0. The van der Waals surface area contributed by atoms with E-state index in [1.54, 1.807) is 26.4 Å². The summed E-state index contributed by atoms with van der Waals surface area (Å²) in [5.74, 6) is 0.700. The highest BCUT2D eigenvalue weighted by molar-refractivity contribution is 5.99. The van der Waals surface area contributed by atoms with E-state index in [0.29, 0.717) is 17.2 Å². The summed E-state index contributed by atoms with van der Waals surface area (Å²) in [5.41, 5.74) is 6.33. The van der Waals surface area contributed by atoms with Gasteiger partial charge in [-0.15, -0.1) is 0 Å². The van der Waals surface area contributed by atoms with Crippen molar-refractivity contribution in [3.05, 3.63) is 23.9 Å². The Morgan fingerprint density at radius 1 is 1.31 bits per heavy atom. The molecule has 0 radical (unpaired) electrons. The predicted molar refractivity (Wildman–Crippen MR) is 59.9 cm³/mol. The number of hydrogen-bond donors (Lipinski definition) is 2. The molecular formula is C11H12N2O3. The molecule has 0 aliphatic carbocycles. The van der Waals surface area contributed by atoms with Gasteiger partial charge in [0.1, 0.15) is 5.69 Å². The average molecular weight is 220 g/mol. The van der Waals surface area contributed by atoms with Gasteiger partial charge in [-0.1, -0.05) is 0 Å². The molecule has 0 bridgehead atoms. The number of primary amides is 1. The predicted octanol–water partition coefficient (Wildman–Crippen LogP) is 1.28. The number of nitrogens with two attached hydrogens (primary N) is 1. The first-order valence-electron chi connectivity index (χ1n) is 4.71. The minimum atomic E-state index is -0.503. The number of aromatic amines is 1. The van der Waals surface area contributed by atoms with Crippen LogP contribution in [0.5, 0.6) is 11.5 Å². The maximum absolute atomic E-state index is 11.0. The lowest BCUT2D eigenvalue weighted by Crippen LogP contribution is -2.10. The van der Waals surface area contributed by atoms with Crippen LogP contribution in [0.15, 0.2) is 18.2 Å². The highest BCUT2D eigenvalue weighted by Gasteiger charge is 2.13. The Kier molecular flexibility index (Phi) is 2.44. The number of carbonyl (C=O) groups excluding carboxylic acids is 1. The number of nitrogens with one attached hydrogen (secondary N) is 1. The third-order valence-corrected chi connectivity index (χ3v) is 2.41. The minimum Gasteiger partial charge on any atom is -0.493 e. The zero-order valence-corrected chi connectivity index (χ0v) is 9.03. The molecule has 0 unspecified atom stereocenters. The second kappa shape index (κ2) is 3.77. The van der Waals surface area contributed by atoms with Crippen LogP contribution in [0.3, 0.4) is 0 Å². The van der Waals surface area contributed by atoms with Crippen molar-refractivity contribution in [3.63, 3.8) is 0 Å². The van der Waals surface area contributed by atoms with Crippen LogP contribution in [-0.2, 0) is 0 Å². The average Bonchev–Trinajstić information content (AvgIpc) is 2.71. The van der Waals surface area contributed by atoms with Gasteiger partial charge in [0, 0.05) is 5.39 Å². The molecule has 0 aliphatic heterocycles. The van der Waals surface area contributed by atoms with Gasteiger partial charge >= 0.3 is 0 Å². The van der Waals surface area contributed by atoms with Crippen molar-refractivity contribution in [3.8, 4) is 11.5 Å². The maximum atomic E-state index is 11.0. The molecule has 5 nitrogen and oxygen atoms in total. The van der Waals surface area contributed by atoms with Crippen LogP contribution >= 0.6 is 0 Å². The van der Waals surface area contributed by atoms with Crippen molar-refractivity contribution in [1.82, 2.24) is 4.98 Å². The van der Waals surface area contributed by atoms with Gasteiger partial charge in [-0.25, -0.2) is 0 Å². The van der Waals surface area contributed by atoms with Gasteiger partial charge in [-0.2, -0.15) is 0 Å². The van der Waals surface area contributed by atoms with Crippen LogP contribution < -0.4 is 15.2 Å². The lowest BCUT2D eigenvalue weighted by molar-refractivity contribution is 0.0996. The summed E-state index contributed by atoms with van der Waals surface area (Å²) in [4.78, 5) is 14.0. The molecule has 84 valence electrons. The van der Waals surface area contributed by atoms with Crippen LogP contribution in [0.25, 0.3) is 10.9 Å².